The minimum Gasteiger partial charge on any atom is -0.358 e. The molecule has 0 bridgehead atoms. The second-order valence-corrected chi connectivity index (χ2v) is 5.81. The fourth-order valence-corrected chi connectivity index (χ4v) is 2.88. The highest BCUT2D eigenvalue weighted by atomic mass is 35.5. The van der Waals surface area contributed by atoms with Crippen LogP contribution in [0.2, 0.25) is 5.15 Å². The molecule has 110 valence electrons. The molecule has 0 aliphatic carbocycles. The fraction of sp³-hybridized carbons (Fsp3) is 0.125. The zero-order valence-corrected chi connectivity index (χ0v) is 12.9. The second kappa shape index (κ2) is 4.74. The number of aromatic nitrogens is 4. The number of pyridine rings is 1. The lowest BCUT2D eigenvalue weighted by Crippen LogP contribution is -1.91. The average Bonchev–Trinajstić information content (AvgIpc) is 3.03. The Kier molecular flexibility index (Phi) is 2.84. The molecule has 1 aromatic carbocycles. The van der Waals surface area contributed by atoms with Crippen LogP contribution in [-0.2, 0) is 0 Å². The summed E-state index contributed by atoms with van der Waals surface area (Å²) in [6, 6.07) is 7.88. The SMILES string of the molecule is Cc1cc(C)c2nc(Nc3c[nH]c4ccc(Cl)nc34)[nH]c2c1. The number of rotatable bonds is 2. The Morgan fingerprint density at radius 3 is 2.77 bits per heavy atom. The number of halogens is 1. The Hall–Kier alpha value is -2.53. The van der Waals surface area contributed by atoms with Gasteiger partial charge in [0.1, 0.15) is 10.7 Å². The van der Waals surface area contributed by atoms with Crippen molar-refractivity contribution in [2.24, 2.45) is 0 Å². The third-order valence-corrected chi connectivity index (χ3v) is 3.87. The van der Waals surface area contributed by atoms with Crippen molar-refractivity contribution in [2.45, 2.75) is 13.8 Å². The molecule has 5 nitrogen and oxygen atoms in total. The van der Waals surface area contributed by atoms with Gasteiger partial charge < -0.3 is 15.3 Å². The highest BCUT2D eigenvalue weighted by Crippen LogP contribution is 2.27. The molecule has 3 N–H and O–H groups in total. The minimum absolute atomic E-state index is 0.464. The van der Waals surface area contributed by atoms with E-state index in [-0.39, 0.29) is 0 Å². The Bertz CT molecular complexity index is 999. The lowest BCUT2D eigenvalue weighted by Gasteiger charge is -1.99. The summed E-state index contributed by atoms with van der Waals surface area (Å²) in [5.74, 6) is 0.686. The van der Waals surface area contributed by atoms with Gasteiger partial charge in [0.2, 0.25) is 5.95 Å². The van der Waals surface area contributed by atoms with E-state index in [1.54, 1.807) is 6.07 Å². The van der Waals surface area contributed by atoms with E-state index in [1.807, 2.05) is 12.3 Å². The van der Waals surface area contributed by atoms with Gasteiger partial charge in [0, 0.05) is 6.20 Å². The smallest absolute Gasteiger partial charge is 0.205 e. The van der Waals surface area contributed by atoms with Crippen LogP contribution in [0.15, 0.2) is 30.5 Å². The zero-order valence-electron chi connectivity index (χ0n) is 12.2. The normalized spacial score (nSPS) is 11.4. The summed E-state index contributed by atoms with van der Waals surface area (Å²) in [5.41, 5.74) is 6.91. The zero-order chi connectivity index (χ0) is 15.3. The van der Waals surface area contributed by atoms with Gasteiger partial charge in [0.15, 0.2) is 0 Å². The van der Waals surface area contributed by atoms with Crippen LogP contribution in [-0.4, -0.2) is 19.9 Å². The molecule has 6 heteroatoms. The quantitative estimate of drug-likeness (QED) is 0.479. The number of hydrogen-bond acceptors (Lipinski definition) is 3. The van der Waals surface area contributed by atoms with Crippen LogP contribution in [0.25, 0.3) is 22.1 Å². The van der Waals surface area contributed by atoms with Gasteiger partial charge in [0.05, 0.1) is 22.2 Å². The maximum Gasteiger partial charge on any atom is 0.205 e. The van der Waals surface area contributed by atoms with E-state index in [4.69, 9.17) is 11.6 Å². The molecule has 0 saturated heterocycles. The van der Waals surface area contributed by atoms with E-state index >= 15 is 0 Å². The van der Waals surface area contributed by atoms with Crippen molar-refractivity contribution in [3.63, 3.8) is 0 Å². The van der Waals surface area contributed by atoms with Crippen molar-refractivity contribution in [2.75, 3.05) is 5.32 Å². The van der Waals surface area contributed by atoms with Crippen molar-refractivity contribution in [3.05, 3.63) is 46.7 Å². The van der Waals surface area contributed by atoms with Crippen molar-refractivity contribution in [1.82, 2.24) is 19.9 Å². The van der Waals surface area contributed by atoms with Gasteiger partial charge in [-0.3, -0.25) is 0 Å². The van der Waals surface area contributed by atoms with Crippen molar-refractivity contribution in [1.29, 1.82) is 0 Å². The molecular formula is C16H14ClN5. The molecule has 0 atom stereocenters. The number of H-pyrrole nitrogens is 2. The first-order chi connectivity index (χ1) is 10.6. The summed E-state index contributed by atoms with van der Waals surface area (Å²) < 4.78 is 0. The summed E-state index contributed by atoms with van der Waals surface area (Å²) in [6.07, 6.45) is 1.86. The molecule has 4 aromatic rings. The Morgan fingerprint density at radius 1 is 1.05 bits per heavy atom. The van der Waals surface area contributed by atoms with Crippen LogP contribution in [0, 0.1) is 13.8 Å². The first kappa shape index (κ1) is 13.2. The number of benzene rings is 1. The van der Waals surface area contributed by atoms with Crippen LogP contribution in [0.1, 0.15) is 11.1 Å². The Balaban J connectivity index is 1.79. The van der Waals surface area contributed by atoms with Crippen LogP contribution in [0.3, 0.4) is 0 Å². The van der Waals surface area contributed by atoms with Crippen LogP contribution < -0.4 is 5.32 Å². The number of anilines is 2. The van der Waals surface area contributed by atoms with Crippen molar-refractivity contribution >= 4 is 45.3 Å². The first-order valence-corrected chi connectivity index (χ1v) is 7.35. The number of nitrogens with zero attached hydrogens (tertiary/aromatic N) is 2. The number of fused-ring (bicyclic) bond motifs is 2. The lowest BCUT2D eigenvalue weighted by atomic mass is 10.1. The lowest BCUT2D eigenvalue weighted by molar-refractivity contribution is 1.30. The molecule has 0 unspecified atom stereocenters. The maximum atomic E-state index is 5.98. The van der Waals surface area contributed by atoms with Gasteiger partial charge in [-0.2, -0.15) is 0 Å². The molecule has 3 aromatic heterocycles. The van der Waals surface area contributed by atoms with Gasteiger partial charge in [0.25, 0.3) is 0 Å². The molecule has 0 amide bonds. The Labute approximate surface area is 131 Å². The number of nitrogens with one attached hydrogen (secondary N) is 3. The predicted octanol–water partition coefficient (Wildman–Crippen LogP) is 4.45. The van der Waals surface area contributed by atoms with E-state index in [1.165, 1.54) is 5.56 Å². The molecule has 0 spiro atoms. The van der Waals surface area contributed by atoms with Crippen molar-refractivity contribution in [3.8, 4) is 0 Å². The molecule has 3 heterocycles. The number of imidazole rings is 1. The summed E-state index contributed by atoms with van der Waals surface area (Å²) in [4.78, 5) is 15.4. The molecule has 0 fully saturated rings. The third kappa shape index (κ3) is 2.10. The third-order valence-electron chi connectivity index (χ3n) is 3.66. The van der Waals surface area contributed by atoms with Crippen LogP contribution in [0.5, 0.6) is 0 Å². The number of hydrogen-bond donors (Lipinski definition) is 3. The molecule has 0 saturated carbocycles. The number of aromatic amines is 2. The predicted molar refractivity (Wildman–Crippen MR) is 90.0 cm³/mol. The van der Waals surface area contributed by atoms with Gasteiger partial charge >= 0.3 is 0 Å². The topological polar surface area (TPSA) is 69.4 Å². The second-order valence-electron chi connectivity index (χ2n) is 5.42. The summed E-state index contributed by atoms with van der Waals surface area (Å²) >= 11 is 5.98. The first-order valence-electron chi connectivity index (χ1n) is 6.98. The van der Waals surface area contributed by atoms with E-state index < -0.39 is 0 Å². The highest BCUT2D eigenvalue weighted by molar-refractivity contribution is 6.29. The maximum absolute atomic E-state index is 5.98. The minimum atomic E-state index is 0.464. The van der Waals surface area contributed by atoms with E-state index in [2.05, 4.69) is 51.2 Å². The van der Waals surface area contributed by atoms with Gasteiger partial charge in [-0.15, -0.1) is 0 Å². The van der Waals surface area contributed by atoms with E-state index in [9.17, 15) is 0 Å². The highest BCUT2D eigenvalue weighted by Gasteiger charge is 2.10. The molecule has 22 heavy (non-hydrogen) atoms. The average molecular weight is 312 g/mol. The summed E-state index contributed by atoms with van der Waals surface area (Å²) in [7, 11) is 0. The van der Waals surface area contributed by atoms with Crippen LogP contribution >= 0.6 is 11.6 Å². The summed E-state index contributed by atoms with van der Waals surface area (Å²) in [5, 5.41) is 3.74. The van der Waals surface area contributed by atoms with Gasteiger partial charge in [-0.1, -0.05) is 17.7 Å². The van der Waals surface area contributed by atoms with E-state index in [0.717, 1.165) is 33.3 Å². The van der Waals surface area contributed by atoms with Gasteiger partial charge in [-0.05, 0) is 43.2 Å². The molecule has 0 radical (unpaired) electrons. The number of aryl methyl sites for hydroxylation is 2. The standard InChI is InChI=1S/C16H14ClN5/c1-8-5-9(2)14-11(6-8)19-16(22-14)20-12-7-18-10-3-4-13(17)21-15(10)12/h3-7,18H,1-2H3,(H2,19,20,22). The monoisotopic (exact) mass is 311 g/mol. The van der Waals surface area contributed by atoms with E-state index in [0.29, 0.717) is 11.1 Å². The Morgan fingerprint density at radius 2 is 1.91 bits per heavy atom. The molecule has 0 aliphatic heterocycles. The van der Waals surface area contributed by atoms with Gasteiger partial charge in [-0.25, -0.2) is 9.97 Å². The van der Waals surface area contributed by atoms with Crippen molar-refractivity contribution < 1.29 is 0 Å². The molecular weight excluding hydrogens is 298 g/mol. The summed E-state index contributed by atoms with van der Waals surface area (Å²) in [6.45, 7) is 4.14. The van der Waals surface area contributed by atoms with Crippen LogP contribution in [0.4, 0.5) is 11.6 Å². The fourth-order valence-electron chi connectivity index (χ4n) is 2.73. The molecule has 0 aliphatic rings. The largest absolute Gasteiger partial charge is 0.358 e. The molecule has 4 rings (SSSR count).